The van der Waals surface area contributed by atoms with E-state index in [1.807, 2.05) is 0 Å². The van der Waals surface area contributed by atoms with E-state index in [2.05, 4.69) is 79.1 Å². The molecule has 2 saturated heterocycles. The van der Waals surface area contributed by atoms with Gasteiger partial charge in [0.25, 0.3) is 0 Å². The van der Waals surface area contributed by atoms with Gasteiger partial charge >= 0.3 is 17.1 Å². The molecule has 4 atom stereocenters. The Morgan fingerprint density at radius 3 is 1.07 bits per heavy atom. The molecule has 148 valence electrons. The van der Waals surface area contributed by atoms with Crippen molar-refractivity contribution in [3.8, 4) is 0 Å². The maximum atomic E-state index is 2.34. The number of hydrogen-bond donors (Lipinski definition) is 0. The molecule has 0 unspecified atom stereocenters. The van der Waals surface area contributed by atoms with Crippen LogP contribution in [-0.2, 0) is 17.1 Å². The topological polar surface area (TPSA) is 0 Å². The van der Waals surface area contributed by atoms with Gasteiger partial charge in [-0.15, -0.1) is 0 Å². The zero-order valence-electron chi connectivity index (χ0n) is 17.4. The van der Waals surface area contributed by atoms with Crippen molar-refractivity contribution in [2.24, 2.45) is 0 Å². The first kappa shape index (κ1) is 24.6. The average Bonchev–Trinajstić information content (AvgIpc) is 3.30. The molecule has 0 bridgehead atoms. The van der Waals surface area contributed by atoms with Gasteiger partial charge in [-0.25, -0.2) is 0 Å². The van der Waals surface area contributed by atoms with Crippen LogP contribution in [0.5, 0.6) is 0 Å². The Balaban J connectivity index is 0.000000187. The van der Waals surface area contributed by atoms with Crippen molar-refractivity contribution in [3.63, 3.8) is 0 Å². The van der Waals surface area contributed by atoms with E-state index < -0.39 is 0 Å². The fourth-order valence-electron chi connectivity index (χ4n) is 4.77. The summed E-state index contributed by atoms with van der Waals surface area (Å²) < 4.78 is 0. The first-order chi connectivity index (χ1) is 12.7. The van der Waals surface area contributed by atoms with Crippen LogP contribution >= 0.6 is 15.8 Å². The Morgan fingerprint density at radius 1 is 0.593 bits per heavy atom. The molecule has 0 N–H and O–H groups in total. The van der Waals surface area contributed by atoms with Crippen molar-refractivity contribution in [2.75, 3.05) is 0 Å². The third-order valence-corrected chi connectivity index (χ3v) is 13.7. The van der Waals surface area contributed by atoms with Crippen LogP contribution in [-0.4, -0.2) is 22.6 Å². The van der Waals surface area contributed by atoms with Crippen molar-refractivity contribution in [2.45, 2.75) is 88.9 Å². The van der Waals surface area contributed by atoms with E-state index in [0.717, 1.165) is 22.6 Å². The number of hydrogen-bond acceptors (Lipinski definition) is 0. The Hall–Kier alpha value is 1.38. The summed E-state index contributed by atoms with van der Waals surface area (Å²) in [5.74, 6) is 0. The predicted molar refractivity (Wildman–Crippen MR) is 120 cm³/mol. The third-order valence-electron chi connectivity index (χ3n) is 6.43. The van der Waals surface area contributed by atoms with Gasteiger partial charge in [-0.05, 0) is 113 Å². The Labute approximate surface area is 184 Å². The molecule has 4 fully saturated rings. The maximum absolute atomic E-state index is 2.34. The van der Waals surface area contributed by atoms with E-state index in [1.165, 1.54) is 38.5 Å². The summed E-state index contributed by atoms with van der Waals surface area (Å²) in [7, 11) is 0.434. The van der Waals surface area contributed by atoms with Gasteiger partial charge in [0.05, 0.1) is 0 Å². The minimum absolute atomic E-state index is 0. The molecule has 0 amide bonds. The Kier molecular flexibility index (Phi) is 11.2. The molecule has 27 heavy (non-hydrogen) atoms. The van der Waals surface area contributed by atoms with E-state index in [-0.39, 0.29) is 32.9 Å². The summed E-state index contributed by atoms with van der Waals surface area (Å²) in [5.41, 5.74) is 7.43. The smallest absolute Gasteiger partial charge is 0.0924 e. The molecule has 10 radical (unpaired) electrons. The molecule has 2 aliphatic carbocycles. The average molecular weight is 442 g/mol. The molecule has 2 aliphatic heterocycles. The summed E-state index contributed by atoms with van der Waals surface area (Å²) >= 11 is 0. The van der Waals surface area contributed by atoms with Gasteiger partial charge in [0.1, 0.15) is 0 Å². The number of rotatable bonds is 6. The fourth-order valence-corrected chi connectivity index (χ4v) is 11.4. The second-order valence-electron chi connectivity index (χ2n) is 7.82. The van der Waals surface area contributed by atoms with Gasteiger partial charge in [-0.1, -0.05) is 43.5 Å². The second kappa shape index (κ2) is 12.3. The molecular weight excluding hydrogens is 406 g/mol. The van der Waals surface area contributed by atoms with E-state index >= 15 is 0 Å². The van der Waals surface area contributed by atoms with Gasteiger partial charge < -0.3 is 0 Å². The zero-order chi connectivity index (χ0) is 18.5. The van der Waals surface area contributed by atoms with Crippen molar-refractivity contribution < 1.29 is 17.1 Å². The first-order valence-corrected chi connectivity index (χ1v) is 13.7. The minimum Gasteiger partial charge on any atom is -0.0924 e. The van der Waals surface area contributed by atoms with Gasteiger partial charge in [-0.3, -0.25) is 0 Å². The monoisotopic (exact) mass is 442 g/mol. The summed E-state index contributed by atoms with van der Waals surface area (Å²) in [6, 6.07) is 0. The maximum Gasteiger partial charge on any atom is 2.00 e. The molecule has 0 aromatic carbocycles. The van der Waals surface area contributed by atoms with Crippen LogP contribution in [0.15, 0.2) is 0 Å². The van der Waals surface area contributed by atoms with Crippen LogP contribution in [0.3, 0.4) is 0 Å². The standard InChI is InChI=1S/2C12H18P.Fe/c2*1-3-10-9-11(4-2)13(10)12-7-5-6-8-12;/h2*5-8,10-11H,3-4,9H2,1-2H3;/q;;+2/t2*10-,11-;/m11./s1. The van der Waals surface area contributed by atoms with Crippen molar-refractivity contribution in [1.82, 2.24) is 0 Å². The quantitative estimate of drug-likeness (QED) is 0.294. The minimum atomic E-state index is 0. The predicted octanol–water partition coefficient (Wildman–Crippen LogP) is 7.58. The molecule has 4 rings (SSSR count). The SMILES string of the molecule is CC[C@@H]1C[C@@H](CC)P1[C]1[CH][CH][CH][CH]1.CC[C@@H]1C[C@@H](CC)P1[C]1[CH][CH][CH][CH]1.[Fe+2]. The normalized spacial score (nSPS) is 35.1. The molecule has 0 aromatic heterocycles. The van der Waals surface area contributed by atoms with E-state index in [1.54, 1.807) is 11.3 Å². The largest absolute Gasteiger partial charge is 2.00 e. The Bertz CT molecular complexity index is 345. The Morgan fingerprint density at radius 2 is 0.852 bits per heavy atom. The zero-order valence-corrected chi connectivity index (χ0v) is 20.3. The summed E-state index contributed by atoms with van der Waals surface area (Å²) in [4.78, 5) is 0. The molecule has 0 spiro atoms. The van der Waals surface area contributed by atoms with Gasteiger partial charge in [-0.2, -0.15) is 0 Å². The van der Waals surface area contributed by atoms with E-state index in [9.17, 15) is 0 Å². The van der Waals surface area contributed by atoms with Crippen molar-refractivity contribution in [1.29, 1.82) is 0 Å². The third kappa shape index (κ3) is 5.75. The van der Waals surface area contributed by atoms with Crippen LogP contribution in [0.1, 0.15) is 66.2 Å². The van der Waals surface area contributed by atoms with Crippen molar-refractivity contribution in [3.05, 3.63) is 62.7 Å². The van der Waals surface area contributed by atoms with Crippen LogP contribution in [0.25, 0.3) is 0 Å². The van der Waals surface area contributed by atoms with E-state index in [4.69, 9.17) is 0 Å². The van der Waals surface area contributed by atoms with Crippen LogP contribution in [0.2, 0.25) is 0 Å². The first-order valence-electron chi connectivity index (χ1n) is 10.7. The van der Waals surface area contributed by atoms with Gasteiger partial charge in [0.15, 0.2) is 0 Å². The molecule has 2 saturated carbocycles. The fraction of sp³-hybridized carbons (Fsp3) is 0.583. The molecule has 2 heterocycles. The second-order valence-corrected chi connectivity index (χ2v) is 13.4. The molecule has 3 heteroatoms. The summed E-state index contributed by atoms with van der Waals surface area (Å²) in [5, 5.41) is 0. The van der Waals surface area contributed by atoms with Crippen molar-refractivity contribution >= 4 is 15.8 Å². The summed E-state index contributed by atoms with van der Waals surface area (Å²) in [6.07, 6.45) is 26.6. The van der Waals surface area contributed by atoms with Crippen LogP contribution in [0, 0.1) is 62.7 Å². The van der Waals surface area contributed by atoms with Gasteiger partial charge in [0.2, 0.25) is 0 Å². The summed E-state index contributed by atoms with van der Waals surface area (Å²) in [6.45, 7) is 9.37. The molecule has 4 aliphatic rings. The molecule has 0 aromatic rings. The van der Waals surface area contributed by atoms with Gasteiger partial charge in [0, 0.05) is 11.3 Å². The molecular formula is C24H36FeP2+2. The molecule has 0 nitrogen and oxygen atoms in total. The van der Waals surface area contributed by atoms with E-state index in [0.29, 0.717) is 0 Å². The van der Waals surface area contributed by atoms with Crippen LogP contribution < -0.4 is 0 Å². The van der Waals surface area contributed by atoms with Crippen LogP contribution in [0.4, 0.5) is 0 Å².